The monoisotopic (exact) mass is 264 g/mol. The van der Waals surface area contributed by atoms with E-state index in [2.05, 4.69) is 5.29 Å². The Morgan fingerprint density at radius 1 is 1.50 bits per heavy atom. The van der Waals surface area contributed by atoms with E-state index in [1.54, 1.807) is 6.07 Å². The van der Waals surface area contributed by atoms with E-state index < -0.39 is 15.5 Å². The summed E-state index contributed by atoms with van der Waals surface area (Å²) in [4.78, 5) is 10.6. The highest BCUT2D eigenvalue weighted by Crippen LogP contribution is 2.23. The third-order valence-corrected chi connectivity index (χ3v) is 3.23. The first-order valence-corrected chi connectivity index (χ1v) is 6.08. The Balaban J connectivity index is 3.13. The first-order valence-electron chi connectivity index (χ1n) is 4.20. The maximum absolute atomic E-state index is 10.9. The molecule has 1 N–H and O–H groups in total. The van der Waals surface area contributed by atoms with Crippen molar-refractivity contribution in [3.8, 4) is 0 Å². The van der Waals surface area contributed by atoms with Gasteiger partial charge < -0.3 is 0 Å². The molecule has 1 aromatic carbocycles. The Kier molecular flexibility index (Phi) is 3.84. The highest BCUT2D eigenvalue weighted by Gasteiger charge is 2.26. The first kappa shape index (κ1) is 12.9. The van der Waals surface area contributed by atoms with Gasteiger partial charge >= 0.3 is 0 Å². The smallest absolute Gasteiger partial charge is 0.284 e. The van der Waals surface area contributed by atoms with Crippen molar-refractivity contribution in [1.29, 1.82) is 0 Å². The van der Waals surface area contributed by atoms with Crippen LogP contribution in [-0.2, 0) is 10.1 Å². The van der Waals surface area contributed by atoms with Crippen molar-refractivity contribution in [2.45, 2.75) is 12.3 Å². The summed E-state index contributed by atoms with van der Waals surface area (Å²) in [6.07, 6.45) is 0. The summed E-state index contributed by atoms with van der Waals surface area (Å²) in [5, 5.41) is 2.04. The molecule has 0 amide bonds. The average molecular weight is 265 g/mol. The standard InChI is InChI=1S/C8H9ClN2O4S/c1-6(16(13,14)15)11(10-12)8-4-2-3-7(9)5-8/h2-6H,1H3,(H,13,14,15). The van der Waals surface area contributed by atoms with Crippen LogP contribution in [0.25, 0.3) is 0 Å². The van der Waals surface area contributed by atoms with Crippen LogP contribution in [0, 0.1) is 4.91 Å². The van der Waals surface area contributed by atoms with E-state index >= 15 is 0 Å². The molecule has 6 nitrogen and oxygen atoms in total. The lowest BCUT2D eigenvalue weighted by atomic mass is 10.3. The predicted octanol–water partition coefficient (Wildman–Crippen LogP) is 2.06. The molecule has 0 aliphatic rings. The zero-order valence-corrected chi connectivity index (χ0v) is 9.81. The van der Waals surface area contributed by atoms with Gasteiger partial charge in [-0.3, -0.25) is 4.55 Å². The van der Waals surface area contributed by atoms with Gasteiger partial charge in [0.2, 0.25) is 0 Å². The lowest BCUT2D eigenvalue weighted by molar-refractivity contribution is 0.467. The van der Waals surface area contributed by atoms with Crippen molar-refractivity contribution in [2.75, 3.05) is 5.01 Å². The molecule has 0 saturated carbocycles. The molecular weight excluding hydrogens is 256 g/mol. The summed E-state index contributed by atoms with van der Waals surface area (Å²) in [5.41, 5.74) is 0.188. The molecule has 0 aliphatic heterocycles. The molecule has 0 bridgehead atoms. The van der Waals surface area contributed by atoms with Crippen LogP contribution in [-0.4, -0.2) is 18.3 Å². The quantitative estimate of drug-likeness (QED) is 0.511. The third-order valence-electron chi connectivity index (χ3n) is 1.94. The van der Waals surface area contributed by atoms with Crippen LogP contribution >= 0.6 is 11.6 Å². The molecule has 88 valence electrons. The fourth-order valence-corrected chi connectivity index (χ4v) is 1.67. The van der Waals surface area contributed by atoms with Gasteiger partial charge in [0.1, 0.15) is 0 Å². The summed E-state index contributed by atoms with van der Waals surface area (Å²) < 4.78 is 30.6. The number of hydrogen-bond donors (Lipinski definition) is 1. The summed E-state index contributed by atoms with van der Waals surface area (Å²) >= 11 is 5.68. The molecule has 16 heavy (non-hydrogen) atoms. The largest absolute Gasteiger partial charge is 0.288 e. The van der Waals surface area contributed by atoms with E-state index in [-0.39, 0.29) is 5.69 Å². The van der Waals surface area contributed by atoms with Gasteiger partial charge in [0.15, 0.2) is 5.37 Å². The summed E-state index contributed by atoms with van der Waals surface area (Å²) in [6, 6.07) is 5.91. The Bertz CT molecular complexity index is 491. The number of nitroso groups, excluding NO2 is 1. The summed E-state index contributed by atoms with van der Waals surface area (Å²) in [6.45, 7) is 1.14. The Morgan fingerprint density at radius 3 is 2.56 bits per heavy atom. The molecule has 0 heterocycles. The molecule has 1 rings (SSSR count). The maximum atomic E-state index is 10.9. The molecule has 0 aliphatic carbocycles. The topological polar surface area (TPSA) is 87.0 Å². The minimum Gasteiger partial charge on any atom is -0.284 e. The normalized spacial score (nSPS) is 13.2. The average Bonchev–Trinajstić information content (AvgIpc) is 2.17. The third kappa shape index (κ3) is 2.91. The fraction of sp³-hybridized carbons (Fsp3) is 0.250. The first-order chi connectivity index (χ1) is 7.36. The number of hydrogen-bond acceptors (Lipinski definition) is 4. The van der Waals surface area contributed by atoms with Crippen LogP contribution in [0.1, 0.15) is 6.92 Å². The van der Waals surface area contributed by atoms with E-state index in [1.807, 2.05) is 0 Å². The van der Waals surface area contributed by atoms with Gasteiger partial charge in [-0.25, -0.2) is 5.01 Å². The molecule has 0 radical (unpaired) electrons. The number of halogens is 1. The Hall–Kier alpha value is -1.18. The molecule has 8 heteroatoms. The molecule has 0 aromatic heterocycles. The van der Waals surface area contributed by atoms with Crippen molar-refractivity contribution >= 4 is 27.4 Å². The highest BCUT2D eigenvalue weighted by atomic mass is 35.5. The van der Waals surface area contributed by atoms with Crippen molar-refractivity contribution < 1.29 is 13.0 Å². The molecule has 1 aromatic rings. The van der Waals surface area contributed by atoms with E-state index in [0.29, 0.717) is 10.0 Å². The minimum atomic E-state index is -4.39. The Labute approximate surface area is 97.5 Å². The molecule has 1 atom stereocenters. The van der Waals surface area contributed by atoms with E-state index in [9.17, 15) is 13.3 Å². The lowest BCUT2D eigenvalue weighted by Crippen LogP contribution is -2.34. The second kappa shape index (κ2) is 4.77. The minimum absolute atomic E-state index is 0.188. The molecule has 1 unspecified atom stereocenters. The molecule has 0 spiro atoms. The zero-order chi connectivity index (χ0) is 12.3. The van der Waals surface area contributed by atoms with Gasteiger partial charge in [-0.2, -0.15) is 8.42 Å². The number of benzene rings is 1. The van der Waals surface area contributed by atoms with Gasteiger partial charge in [0.25, 0.3) is 10.1 Å². The van der Waals surface area contributed by atoms with Crippen LogP contribution in [0.3, 0.4) is 0 Å². The number of rotatable bonds is 4. The van der Waals surface area contributed by atoms with Crippen LogP contribution in [0.2, 0.25) is 5.02 Å². The lowest BCUT2D eigenvalue weighted by Gasteiger charge is -2.20. The zero-order valence-electron chi connectivity index (χ0n) is 8.24. The van der Waals surface area contributed by atoms with E-state index in [1.165, 1.54) is 18.2 Å². The van der Waals surface area contributed by atoms with Crippen LogP contribution < -0.4 is 5.01 Å². The second-order valence-electron chi connectivity index (χ2n) is 3.02. The number of anilines is 1. The molecular formula is C8H9ClN2O4S. The van der Waals surface area contributed by atoms with Gasteiger partial charge in [-0.15, -0.1) is 4.91 Å². The van der Waals surface area contributed by atoms with Crippen molar-refractivity contribution in [3.05, 3.63) is 34.2 Å². The van der Waals surface area contributed by atoms with Crippen LogP contribution in [0.5, 0.6) is 0 Å². The summed E-state index contributed by atoms with van der Waals surface area (Å²) in [7, 11) is -4.39. The predicted molar refractivity (Wildman–Crippen MR) is 60.7 cm³/mol. The van der Waals surface area contributed by atoms with Gasteiger partial charge in [-0.05, 0) is 25.1 Å². The highest BCUT2D eigenvalue weighted by molar-refractivity contribution is 7.86. The SMILES string of the molecule is CC(N(N=O)c1cccc(Cl)c1)S(=O)(=O)O. The number of nitrogens with zero attached hydrogens (tertiary/aromatic N) is 2. The van der Waals surface area contributed by atoms with Crippen molar-refractivity contribution in [3.63, 3.8) is 0 Å². The van der Waals surface area contributed by atoms with Crippen molar-refractivity contribution in [1.82, 2.24) is 0 Å². The van der Waals surface area contributed by atoms with Gasteiger partial charge in [-0.1, -0.05) is 17.7 Å². The van der Waals surface area contributed by atoms with Crippen molar-refractivity contribution in [2.24, 2.45) is 5.29 Å². The summed E-state index contributed by atoms with van der Waals surface area (Å²) in [5.74, 6) is 0. The van der Waals surface area contributed by atoms with Gasteiger partial charge in [0.05, 0.1) is 11.0 Å². The van der Waals surface area contributed by atoms with Gasteiger partial charge in [0, 0.05) is 5.02 Å². The van der Waals surface area contributed by atoms with E-state index in [4.69, 9.17) is 16.2 Å². The fourth-order valence-electron chi connectivity index (χ4n) is 1.07. The van der Waals surface area contributed by atoms with Crippen LogP contribution in [0.4, 0.5) is 5.69 Å². The maximum Gasteiger partial charge on any atom is 0.288 e. The second-order valence-corrected chi connectivity index (χ2v) is 5.17. The Morgan fingerprint density at radius 2 is 2.12 bits per heavy atom. The molecule has 0 fully saturated rings. The van der Waals surface area contributed by atoms with Crippen LogP contribution in [0.15, 0.2) is 29.6 Å². The molecule has 0 saturated heterocycles. The van der Waals surface area contributed by atoms with E-state index in [0.717, 1.165) is 6.92 Å².